The number of hydrogen-bond acceptors (Lipinski definition) is 3. The van der Waals surface area contributed by atoms with Crippen molar-refractivity contribution in [2.24, 2.45) is 0 Å². The van der Waals surface area contributed by atoms with Crippen LogP contribution in [0.1, 0.15) is 30.4 Å². The van der Waals surface area contributed by atoms with Crippen LogP contribution in [0.2, 0.25) is 10.0 Å². The van der Waals surface area contributed by atoms with E-state index < -0.39 is 0 Å². The number of amides is 2. The van der Waals surface area contributed by atoms with Crippen LogP contribution in [0.25, 0.3) is 0 Å². The standard InChI is InChI=1S/C20H16Cl2N2O2/c1-11-8-15(16-9-13(21)10-17(22)20(16)23-11)12-2-4-14(5-3-12)24-18(25)6-7-19(24)26/h2-7,9-11,15,23H,8H2,1H3/t11-,15?/m0/s1. The first kappa shape index (κ1) is 17.1. The van der Waals surface area contributed by atoms with Crippen molar-refractivity contribution in [2.75, 3.05) is 10.2 Å². The van der Waals surface area contributed by atoms with Crippen LogP contribution in [-0.2, 0) is 9.59 Å². The van der Waals surface area contributed by atoms with Gasteiger partial charge in [-0.05, 0) is 48.7 Å². The van der Waals surface area contributed by atoms with E-state index >= 15 is 0 Å². The van der Waals surface area contributed by atoms with Gasteiger partial charge in [0.2, 0.25) is 0 Å². The number of nitrogens with zero attached hydrogens (tertiary/aromatic N) is 1. The van der Waals surface area contributed by atoms with Gasteiger partial charge >= 0.3 is 0 Å². The fourth-order valence-electron chi connectivity index (χ4n) is 3.63. The number of nitrogens with one attached hydrogen (secondary N) is 1. The lowest BCUT2D eigenvalue weighted by atomic mass is 9.82. The molecule has 0 aliphatic carbocycles. The van der Waals surface area contributed by atoms with Gasteiger partial charge in [-0.3, -0.25) is 9.59 Å². The highest BCUT2D eigenvalue weighted by atomic mass is 35.5. The Kier molecular flexibility index (Phi) is 4.25. The molecular weight excluding hydrogens is 371 g/mol. The molecule has 1 unspecified atom stereocenters. The lowest BCUT2D eigenvalue weighted by molar-refractivity contribution is -0.119. The van der Waals surface area contributed by atoms with Crippen LogP contribution in [0.4, 0.5) is 11.4 Å². The lowest BCUT2D eigenvalue weighted by Crippen LogP contribution is -2.29. The van der Waals surface area contributed by atoms with Crippen LogP contribution in [0.15, 0.2) is 48.6 Å². The van der Waals surface area contributed by atoms with Gasteiger partial charge in [0.05, 0.1) is 16.4 Å². The van der Waals surface area contributed by atoms with Gasteiger partial charge in [-0.1, -0.05) is 35.3 Å². The monoisotopic (exact) mass is 386 g/mol. The Morgan fingerprint density at radius 1 is 1.04 bits per heavy atom. The van der Waals surface area contributed by atoms with Gasteiger partial charge in [-0.15, -0.1) is 0 Å². The molecule has 0 saturated carbocycles. The van der Waals surface area contributed by atoms with Gasteiger partial charge in [-0.25, -0.2) is 4.90 Å². The zero-order valence-corrected chi connectivity index (χ0v) is 15.5. The molecule has 6 heteroatoms. The van der Waals surface area contributed by atoms with Crippen molar-refractivity contribution in [1.82, 2.24) is 0 Å². The summed E-state index contributed by atoms with van der Waals surface area (Å²) in [6.45, 7) is 2.11. The molecule has 2 amide bonds. The third kappa shape index (κ3) is 2.89. The first-order valence-corrected chi connectivity index (χ1v) is 9.11. The molecule has 0 saturated heterocycles. The van der Waals surface area contributed by atoms with Crippen LogP contribution in [0.5, 0.6) is 0 Å². The highest BCUT2D eigenvalue weighted by Gasteiger charge is 2.29. The number of anilines is 2. The maximum Gasteiger partial charge on any atom is 0.258 e. The number of carbonyl (C=O) groups excluding carboxylic acids is 2. The Morgan fingerprint density at radius 3 is 2.35 bits per heavy atom. The van der Waals surface area contributed by atoms with E-state index in [2.05, 4.69) is 12.2 Å². The molecule has 26 heavy (non-hydrogen) atoms. The maximum atomic E-state index is 11.8. The van der Waals surface area contributed by atoms with Crippen molar-refractivity contribution in [2.45, 2.75) is 25.3 Å². The normalized spacial score (nSPS) is 21.7. The fourth-order valence-corrected chi connectivity index (χ4v) is 4.20. The molecule has 2 atom stereocenters. The summed E-state index contributed by atoms with van der Waals surface area (Å²) in [5.41, 5.74) is 3.63. The zero-order chi connectivity index (χ0) is 18.4. The summed E-state index contributed by atoms with van der Waals surface area (Å²) in [4.78, 5) is 24.8. The molecule has 0 fully saturated rings. The van der Waals surface area contributed by atoms with E-state index in [0.29, 0.717) is 15.7 Å². The Balaban J connectivity index is 1.71. The van der Waals surface area contributed by atoms with E-state index in [4.69, 9.17) is 23.2 Å². The van der Waals surface area contributed by atoms with E-state index in [-0.39, 0.29) is 23.8 Å². The lowest BCUT2D eigenvalue weighted by Gasteiger charge is -2.32. The highest BCUT2D eigenvalue weighted by molar-refractivity contribution is 6.36. The van der Waals surface area contributed by atoms with Crippen molar-refractivity contribution in [1.29, 1.82) is 0 Å². The zero-order valence-electron chi connectivity index (χ0n) is 14.0. The van der Waals surface area contributed by atoms with Crippen LogP contribution < -0.4 is 10.2 Å². The number of rotatable bonds is 2. The summed E-state index contributed by atoms with van der Waals surface area (Å²) < 4.78 is 0. The average molecular weight is 387 g/mol. The van der Waals surface area contributed by atoms with Gasteiger partial charge in [0, 0.05) is 29.1 Å². The third-order valence-electron chi connectivity index (χ3n) is 4.80. The molecule has 0 bridgehead atoms. The summed E-state index contributed by atoms with van der Waals surface area (Å²) in [6, 6.07) is 11.5. The predicted molar refractivity (Wildman–Crippen MR) is 104 cm³/mol. The predicted octanol–water partition coefficient (Wildman–Crippen LogP) is 4.76. The molecule has 0 spiro atoms. The van der Waals surface area contributed by atoms with E-state index in [9.17, 15) is 9.59 Å². The highest BCUT2D eigenvalue weighted by Crippen LogP contribution is 2.43. The number of fused-ring (bicyclic) bond motifs is 1. The van der Waals surface area contributed by atoms with Gasteiger partial charge in [-0.2, -0.15) is 0 Å². The van der Waals surface area contributed by atoms with E-state index in [1.54, 1.807) is 18.2 Å². The summed E-state index contributed by atoms with van der Waals surface area (Å²) in [7, 11) is 0. The quantitative estimate of drug-likeness (QED) is 0.756. The van der Waals surface area contributed by atoms with Gasteiger partial charge < -0.3 is 5.32 Å². The van der Waals surface area contributed by atoms with Crippen molar-refractivity contribution < 1.29 is 9.59 Å². The van der Waals surface area contributed by atoms with Crippen molar-refractivity contribution in [3.05, 3.63) is 69.7 Å². The third-order valence-corrected chi connectivity index (χ3v) is 5.32. The Labute approximate surface area is 161 Å². The molecular formula is C20H16Cl2N2O2. The molecule has 4 rings (SSSR count). The van der Waals surface area contributed by atoms with Crippen LogP contribution >= 0.6 is 23.2 Å². The van der Waals surface area contributed by atoms with E-state index in [1.165, 1.54) is 12.2 Å². The minimum atomic E-state index is -0.317. The number of benzene rings is 2. The fraction of sp³-hybridized carbons (Fsp3) is 0.200. The molecule has 0 aromatic heterocycles. The molecule has 132 valence electrons. The summed E-state index contributed by atoms with van der Waals surface area (Å²) in [5, 5.41) is 4.64. The summed E-state index contributed by atoms with van der Waals surface area (Å²) >= 11 is 12.6. The average Bonchev–Trinajstić information content (AvgIpc) is 2.94. The molecule has 2 aromatic carbocycles. The number of halogens is 2. The smallest absolute Gasteiger partial charge is 0.258 e. The minimum absolute atomic E-state index is 0.134. The molecule has 2 aliphatic rings. The van der Waals surface area contributed by atoms with E-state index in [1.807, 2.05) is 18.2 Å². The van der Waals surface area contributed by atoms with Gasteiger partial charge in [0.1, 0.15) is 0 Å². The van der Waals surface area contributed by atoms with E-state index in [0.717, 1.165) is 28.1 Å². The molecule has 2 heterocycles. The SMILES string of the molecule is C[C@H]1CC(c2ccc(N3C(=O)C=CC3=O)cc2)c2cc(Cl)cc(Cl)c2N1. The molecule has 2 aliphatic heterocycles. The summed E-state index contributed by atoms with van der Waals surface area (Å²) in [6.07, 6.45) is 3.46. The second-order valence-corrected chi connectivity index (χ2v) is 7.47. The van der Waals surface area contributed by atoms with Gasteiger partial charge in [0.15, 0.2) is 0 Å². The largest absolute Gasteiger partial charge is 0.381 e. The number of imide groups is 1. The van der Waals surface area contributed by atoms with Crippen molar-refractivity contribution in [3.63, 3.8) is 0 Å². The Bertz CT molecular complexity index is 920. The molecule has 1 N–H and O–H groups in total. The molecule has 0 radical (unpaired) electrons. The topological polar surface area (TPSA) is 49.4 Å². The number of carbonyl (C=O) groups is 2. The number of hydrogen-bond donors (Lipinski definition) is 1. The second kappa shape index (κ2) is 6.45. The first-order valence-electron chi connectivity index (χ1n) is 8.35. The van der Waals surface area contributed by atoms with Crippen LogP contribution in [0, 0.1) is 0 Å². The minimum Gasteiger partial charge on any atom is -0.381 e. The Morgan fingerprint density at radius 2 is 1.69 bits per heavy atom. The van der Waals surface area contributed by atoms with Crippen LogP contribution in [0.3, 0.4) is 0 Å². The maximum absolute atomic E-state index is 11.8. The van der Waals surface area contributed by atoms with Gasteiger partial charge in [0.25, 0.3) is 11.8 Å². The summed E-state index contributed by atoms with van der Waals surface area (Å²) in [5.74, 6) is -0.501. The second-order valence-electron chi connectivity index (χ2n) is 6.62. The first-order chi connectivity index (χ1) is 12.4. The molecule has 4 nitrogen and oxygen atoms in total. The van der Waals surface area contributed by atoms with Crippen molar-refractivity contribution >= 4 is 46.4 Å². The van der Waals surface area contributed by atoms with Crippen LogP contribution in [-0.4, -0.2) is 17.9 Å². The molecule has 2 aromatic rings. The van der Waals surface area contributed by atoms with Crippen molar-refractivity contribution in [3.8, 4) is 0 Å². The Hall–Kier alpha value is -2.30.